The smallest absolute Gasteiger partial charge is 0.0934 e. The molecule has 0 aromatic carbocycles. The van der Waals surface area contributed by atoms with Crippen LogP contribution >= 0.6 is 22.9 Å². The van der Waals surface area contributed by atoms with Gasteiger partial charge in [0.2, 0.25) is 0 Å². The second kappa shape index (κ2) is 6.15. The highest BCUT2D eigenvalue weighted by atomic mass is 35.5. The Kier molecular flexibility index (Phi) is 4.51. The Bertz CT molecular complexity index is 428. The number of rotatable bonds is 4. The Morgan fingerprint density at radius 1 is 1.37 bits per heavy atom. The maximum absolute atomic E-state index is 6.11. The summed E-state index contributed by atoms with van der Waals surface area (Å²) < 4.78 is 0.956. The van der Waals surface area contributed by atoms with Gasteiger partial charge in [-0.05, 0) is 55.7 Å². The van der Waals surface area contributed by atoms with Gasteiger partial charge in [-0.1, -0.05) is 37.8 Å². The van der Waals surface area contributed by atoms with Crippen LogP contribution in [0.5, 0.6) is 0 Å². The van der Waals surface area contributed by atoms with Crippen LogP contribution in [0.3, 0.4) is 0 Å². The number of aryl methyl sites for hydroxylation is 1. The lowest BCUT2D eigenvalue weighted by atomic mass is 9.81. The minimum atomic E-state index is 0.569. The minimum absolute atomic E-state index is 0.569. The lowest BCUT2D eigenvalue weighted by molar-refractivity contribution is 0.265. The van der Waals surface area contributed by atoms with Crippen LogP contribution < -0.4 is 5.32 Å². The molecule has 3 heteroatoms. The second-order valence-corrected chi connectivity index (χ2v) is 8.17. The van der Waals surface area contributed by atoms with E-state index in [1.54, 1.807) is 11.3 Å². The van der Waals surface area contributed by atoms with Gasteiger partial charge < -0.3 is 5.32 Å². The number of hydrogen-bond donors (Lipinski definition) is 1. The lowest BCUT2D eigenvalue weighted by Crippen LogP contribution is -2.24. The van der Waals surface area contributed by atoms with E-state index in [0.717, 1.165) is 16.2 Å². The normalized spacial score (nSPS) is 30.5. The third kappa shape index (κ3) is 3.34. The van der Waals surface area contributed by atoms with Gasteiger partial charge >= 0.3 is 0 Å². The molecule has 19 heavy (non-hydrogen) atoms. The molecule has 1 aromatic rings. The predicted octanol–water partition coefficient (Wildman–Crippen LogP) is 5.19. The predicted molar refractivity (Wildman–Crippen MR) is 84.1 cm³/mol. The topological polar surface area (TPSA) is 12.0 Å². The molecule has 1 N–H and O–H groups in total. The van der Waals surface area contributed by atoms with Gasteiger partial charge in [0, 0.05) is 10.9 Å². The molecule has 0 amide bonds. The molecule has 0 aliphatic heterocycles. The molecule has 1 fully saturated rings. The number of nitrogens with one attached hydrogen (secondary N) is 1. The number of hydrogen-bond acceptors (Lipinski definition) is 2. The maximum atomic E-state index is 6.11. The summed E-state index contributed by atoms with van der Waals surface area (Å²) in [4.78, 5) is 1.51. The monoisotopic (exact) mass is 297 g/mol. The van der Waals surface area contributed by atoms with E-state index in [0.29, 0.717) is 6.04 Å². The fourth-order valence-corrected chi connectivity index (χ4v) is 5.18. The van der Waals surface area contributed by atoms with Crippen molar-refractivity contribution in [3.05, 3.63) is 20.8 Å². The van der Waals surface area contributed by atoms with Crippen molar-refractivity contribution in [2.75, 3.05) is 6.54 Å². The van der Waals surface area contributed by atoms with Gasteiger partial charge in [0.1, 0.15) is 0 Å². The zero-order valence-corrected chi connectivity index (χ0v) is 13.3. The molecule has 106 valence electrons. The van der Waals surface area contributed by atoms with Crippen LogP contribution in [0.15, 0.2) is 6.07 Å². The first kappa shape index (κ1) is 13.9. The van der Waals surface area contributed by atoms with Crippen molar-refractivity contribution in [3.8, 4) is 0 Å². The first-order valence-electron chi connectivity index (χ1n) is 7.74. The Morgan fingerprint density at radius 2 is 2.26 bits per heavy atom. The standard InChI is InChI=1S/C16H24ClNS/c1-11-3-2-4-12(9-11)7-8-18-14-5-6-15-13(14)10-16(17)19-15/h10-12,14,18H,2-9H2,1H3. The summed E-state index contributed by atoms with van der Waals surface area (Å²) in [6.45, 7) is 3.59. The fourth-order valence-electron chi connectivity index (χ4n) is 3.83. The van der Waals surface area contributed by atoms with Crippen LogP contribution in [0.4, 0.5) is 0 Å². The average Bonchev–Trinajstić information content (AvgIpc) is 2.90. The van der Waals surface area contributed by atoms with E-state index in [2.05, 4.69) is 18.3 Å². The van der Waals surface area contributed by atoms with Crippen molar-refractivity contribution in [2.45, 2.75) is 57.9 Å². The molecule has 1 nitrogen and oxygen atoms in total. The van der Waals surface area contributed by atoms with Crippen molar-refractivity contribution < 1.29 is 0 Å². The molecule has 0 radical (unpaired) electrons. The van der Waals surface area contributed by atoms with Crippen molar-refractivity contribution in [2.24, 2.45) is 11.8 Å². The van der Waals surface area contributed by atoms with Gasteiger partial charge in [-0.25, -0.2) is 0 Å². The molecule has 1 saturated carbocycles. The highest BCUT2D eigenvalue weighted by molar-refractivity contribution is 7.16. The largest absolute Gasteiger partial charge is 0.310 e. The van der Waals surface area contributed by atoms with E-state index in [1.165, 1.54) is 61.9 Å². The van der Waals surface area contributed by atoms with E-state index in [1.807, 2.05) is 0 Å². The summed E-state index contributed by atoms with van der Waals surface area (Å²) in [5, 5.41) is 3.76. The zero-order chi connectivity index (χ0) is 13.2. The van der Waals surface area contributed by atoms with Gasteiger partial charge in [0.05, 0.1) is 4.34 Å². The van der Waals surface area contributed by atoms with E-state index >= 15 is 0 Å². The van der Waals surface area contributed by atoms with Crippen molar-refractivity contribution in [3.63, 3.8) is 0 Å². The van der Waals surface area contributed by atoms with Crippen LogP contribution in [0, 0.1) is 11.8 Å². The fraction of sp³-hybridized carbons (Fsp3) is 0.750. The molecule has 1 heterocycles. The summed E-state index contributed by atoms with van der Waals surface area (Å²) in [5.74, 6) is 1.91. The minimum Gasteiger partial charge on any atom is -0.310 e. The Hall–Kier alpha value is -0.0500. The van der Waals surface area contributed by atoms with Gasteiger partial charge in [-0.2, -0.15) is 0 Å². The molecule has 1 aromatic heterocycles. The molecule has 0 spiro atoms. The number of thiophene rings is 1. The quantitative estimate of drug-likeness (QED) is 0.806. The highest BCUT2D eigenvalue weighted by Crippen LogP contribution is 2.39. The van der Waals surface area contributed by atoms with E-state index in [9.17, 15) is 0 Å². The molecular formula is C16H24ClNS. The SMILES string of the molecule is CC1CCCC(CCNC2CCc3sc(Cl)cc32)C1. The maximum Gasteiger partial charge on any atom is 0.0934 e. The van der Waals surface area contributed by atoms with Gasteiger partial charge in [0.15, 0.2) is 0 Å². The summed E-state index contributed by atoms with van der Waals surface area (Å²) in [7, 11) is 0. The van der Waals surface area contributed by atoms with Gasteiger partial charge in [0.25, 0.3) is 0 Å². The molecule has 3 rings (SSSR count). The molecule has 2 aliphatic rings. The second-order valence-electron chi connectivity index (χ2n) is 6.40. The zero-order valence-electron chi connectivity index (χ0n) is 11.8. The highest BCUT2D eigenvalue weighted by Gasteiger charge is 2.25. The third-order valence-corrected chi connectivity index (χ3v) is 6.18. The average molecular weight is 298 g/mol. The molecule has 0 bridgehead atoms. The van der Waals surface area contributed by atoms with Crippen LogP contribution in [0.1, 0.15) is 61.9 Å². The van der Waals surface area contributed by atoms with Crippen LogP contribution in [-0.4, -0.2) is 6.54 Å². The Morgan fingerprint density at radius 3 is 3.11 bits per heavy atom. The molecule has 0 saturated heterocycles. The van der Waals surface area contributed by atoms with E-state index in [4.69, 9.17) is 11.6 Å². The van der Waals surface area contributed by atoms with Crippen molar-refractivity contribution >= 4 is 22.9 Å². The summed E-state index contributed by atoms with van der Waals surface area (Å²) >= 11 is 7.87. The van der Waals surface area contributed by atoms with Crippen LogP contribution in [0.2, 0.25) is 4.34 Å². The Labute approximate surface area is 125 Å². The van der Waals surface area contributed by atoms with Gasteiger partial charge in [-0.3, -0.25) is 0 Å². The molecule has 3 unspecified atom stereocenters. The molecule has 2 aliphatic carbocycles. The summed E-state index contributed by atoms with van der Waals surface area (Å²) in [6, 6.07) is 2.74. The van der Waals surface area contributed by atoms with Crippen LogP contribution in [0.25, 0.3) is 0 Å². The van der Waals surface area contributed by atoms with E-state index < -0.39 is 0 Å². The lowest BCUT2D eigenvalue weighted by Gasteiger charge is -2.27. The summed E-state index contributed by atoms with van der Waals surface area (Å²) in [6.07, 6.45) is 9.62. The first-order chi connectivity index (χ1) is 9.22. The van der Waals surface area contributed by atoms with Crippen LogP contribution in [-0.2, 0) is 6.42 Å². The third-order valence-electron chi connectivity index (χ3n) is 4.84. The molecule has 3 atom stereocenters. The number of fused-ring (bicyclic) bond motifs is 1. The van der Waals surface area contributed by atoms with Crippen molar-refractivity contribution in [1.29, 1.82) is 0 Å². The van der Waals surface area contributed by atoms with Crippen molar-refractivity contribution in [1.82, 2.24) is 5.32 Å². The summed E-state index contributed by atoms with van der Waals surface area (Å²) in [5.41, 5.74) is 1.48. The number of halogens is 1. The Balaban J connectivity index is 1.46. The molecular weight excluding hydrogens is 274 g/mol. The van der Waals surface area contributed by atoms with Gasteiger partial charge in [-0.15, -0.1) is 11.3 Å². The first-order valence-corrected chi connectivity index (χ1v) is 8.93. The van der Waals surface area contributed by atoms with E-state index in [-0.39, 0.29) is 0 Å².